The largest absolute Gasteiger partial charge is 0.507 e. The summed E-state index contributed by atoms with van der Waals surface area (Å²) in [5.41, 5.74) is 3.10. The Morgan fingerprint density at radius 1 is 1.00 bits per heavy atom. The summed E-state index contributed by atoms with van der Waals surface area (Å²) in [6.45, 7) is 4.33. The van der Waals surface area contributed by atoms with Gasteiger partial charge in [0.25, 0.3) is 0 Å². The quantitative estimate of drug-likeness (QED) is 0.368. The van der Waals surface area contributed by atoms with E-state index in [0.29, 0.717) is 17.2 Å². The zero-order valence-electron chi connectivity index (χ0n) is 18.4. The average molecular weight is 423 g/mol. The van der Waals surface area contributed by atoms with Gasteiger partial charge in [0, 0.05) is 16.5 Å². The number of esters is 1. The first kappa shape index (κ1) is 19.4. The second-order valence-electron chi connectivity index (χ2n) is 9.53. The van der Waals surface area contributed by atoms with Crippen molar-refractivity contribution in [3.63, 3.8) is 0 Å². The summed E-state index contributed by atoms with van der Waals surface area (Å²) in [6.07, 6.45) is 2.48. The van der Waals surface area contributed by atoms with Crippen molar-refractivity contribution in [1.29, 1.82) is 0 Å². The predicted octanol–water partition coefficient (Wildman–Crippen LogP) is 6.84. The zero-order chi connectivity index (χ0) is 22.0. The monoisotopic (exact) mass is 422 g/mol. The van der Waals surface area contributed by atoms with E-state index in [1.807, 2.05) is 48.5 Å². The first-order valence-corrected chi connectivity index (χ1v) is 11.5. The van der Waals surface area contributed by atoms with Crippen LogP contribution in [0.4, 0.5) is 0 Å². The van der Waals surface area contributed by atoms with Crippen molar-refractivity contribution in [1.82, 2.24) is 0 Å². The van der Waals surface area contributed by atoms with E-state index < -0.39 is 5.60 Å². The van der Waals surface area contributed by atoms with Crippen LogP contribution in [0.1, 0.15) is 59.7 Å². The van der Waals surface area contributed by atoms with Crippen molar-refractivity contribution in [3.8, 4) is 5.75 Å². The lowest BCUT2D eigenvalue weighted by Crippen LogP contribution is -2.30. The lowest BCUT2D eigenvalue weighted by Gasteiger charge is -2.32. The first-order valence-electron chi connectivity index (χ1n) is 11.5. The van der Waals surface area contributed by atoms with Crippen LogP contribution in [0.25, 0.3) is 21.5 Å². The van der Waals surface area contributed by atoms with E-state index in [1.54, 1.807) is 0 Å². The Hall–Kier alpha value is -3.33. The SMILES string of the molecule is CCc1ccc2c(O)c3c(cc2c1)C1(OC(=O)c2ccc4ccccc4c2)CC(C)C3C1. The summed E-state index contributed by atoms with van der Waals surface area (Å²) in [5.74, 6) is 0.633. The lowest BCUT2D eigenvalue weighted by atomic mass is 9.80. The highest BCUT2D eigenvalue weighted by atomic mass is 16.6. The fourth-order valence-corrected chi connectivity index (χ4v) is 6.02. The highest BCUT2D eigenvalue weighted by Gasteiger charge is 2.56. The van der Waals surface area contributed by atoms with Gasteiger partial charge in [-0.25, -0.2) is 4.79 Å². The minimum absolute atomic E-state index is 0.213. The summed E-state index contributed by atoms with van der Waals surface area (Å²) >= 11 is 0. The molecule has 0 radical (unpaired) electrons. The number of carbonyl (C=O) groups is 1. The van der Waals surface area contributed by atoms with Crippen LogP contribution in [0.3, 0.4) is 0 Å². The smallest absolute Gasteiger partial charge is 0.339 e. The maximum absolute atomic E-state index is 13.3. The molecule has 3 atom stereocenters. The average Bonchev–Trinajstić information content (AvgIpc) is 3.30. The number of phenolic OH excluding ortho intramolecular Hbond substituents is 1. The molecule has 4 aromatic rings. The Morgan fingerprint density at radius 3 is 2.62 bits per heavy atom. The molecule has 1 fully saturated rings. The molecular weight excluding hydrogens is 396 g/mol. The van der Waals surface area contributed by atoms with Crippen LogP contribution >= 0.6 is 0 Å². The summed E-state index contributed by atoms with van der Waals surface area (Å²) < 4.78 is 6.33. The molecule has 0 aliphatic heterocycles. The summed E-state index contributed by atoms with van der Waals surface area (Å²) in [4.78, 5) is 13.3. The van der Waals surface area contributed by atoms with Crippen molar-refractivity contribution in [2.45, 2.75) is 44.6 Å². The molecule has 2 aliphatic carbocycles. The maximum atomic E-state index is 13.3. The molecule has 2 bridgehead atoms. The molecule has 2 aliphatic rings. The van der Waals surface area contributed by atoms with Crippen molar-refractivity contribution in [2.75, 3.05) is 0 Å². The molecule has 4 aromatic carbocycles. The normalized spacial score (nSPS) is 23.6. The molecule has 6 rings (SSSR count). The van der Waals surface area contributed by atoms with Gasteiger partial charge in [0.05, 0.1) is 5.56 Å². The third-order valence-corrected chi connectivity index (χ3v) is 7.65. The second kappa shape index (κ2) is 6.83. The highest BCUT2D eigenvalue weighted by Crippen LogP contribution is 2.63. The van der Waals surface area contributed by atoms with Crippen molar-refractivity contribution in [3.05, 3.63) is 89.0 Å². The van der Waals surface area contributed by atoms with Gasteiger partial charge in [-0.2, -0.15) is 0 Å². The number of carbonyl (C=O) groups excluding carboxylic acids is 1. The van der Waals surface area contributed by atoms with Gasteiger partial charge in [-0.1, -0.05) is 62.4 Å². The first-order chi connectivity index (χ1) is 15.5. The van der Waals surface area contributed by atoms with Crippen LogP contribution in [0.2, 0.25) is 0 Å². The fourth-order valence-electron chi connectivity index (χ4n) is 6.02. The number of hydrogen-bond acceptors (Lipinski definition) is 3. The molecule has 1 saturated carbocycles. The second-order valence-corrected chi connectivity index (χ2v) is 9.53. The Labute approximate surface area is 187 Å². The third kappa shape index (κ3) is 2.70. The minimum Gasteiger partial charge on any atom is -0.507 e. The van der Waals surface area contributed by atoms with Crippen molar-refractivity contribution < 1.29 is 14.6 Å². The molecule has 0 heterocycles. The van der Waals surface area contributed by atoms with Gasteiger partial charge in [0.15, 0.2) is 0 Å². The van der Waals surface area contributed by atoms with Gasteiger partial charge in [-0.3, -0.25) is 0 Å². The molecule has 3 unspecified atom stereocenters. The zero-order valence-corrected chi connectivity index (χ0v) is 18.4. The summed E-state index contributed by atoms with van der Waals surface area (Å²) in [6, 6.07) is 22.2. The minimum atomic E-state index is -0.671. The molecule has 0 aromatic heterocycles. The van der Waals surface area contributed by atoms with Crippen LogP contribution in [0.15, 0.2) is 66.7 Å². The standard InChI is InChI=1S/C29H26O3/c1-3-18-8-11-23-22(12-18)14-25-26(27(23)30)24-16-29(25,15-17(24)2)32-28(31)21-10-9-19-6-4-5-7-20(19)13-21/h4-14,17,24,30H,3,15-16H2,1-2H3. The van der Waals surface area contributed by atoms with Crippen molar-refractivity contribution in [2.24, 2.45) is 5.92 Å². The topological polar surface area (TPSA) is 46.5 Å². The third-order valence-electron chi connectivity index (χ3n) is 7.65. The predicted molar refractivity (Wildman–Crippen MR) is 127 cm³/mol. The molecule has 160 valence electrons. The Bertz CT molecular complexity index is 1400. The molecular formula is C29H26O3. The van der Waals surface area contributed by atoms with E-state index >= 15 is 0 Å². The van der Waals surface area contributed by atoms with Gasteiger partial charge in [-0.05, 0) is 71.0 Å². The van der Waals surface area contributed by atoms with E-state index in [4.69, 9.17) is 4.74 Å². The number of aromatic hydroxyl groups is 1. The molecule has 0 saturated heterocycles. The van der Waals surface area contributed by atoms with E-state index in [-0.39, 0.29) is 11.9 Å². The molecule has 3 nitrogen and oxygen atoms in total. The van der Waals surface area contributed by atoms with Gasteiger partial charge < -0.3 is 9.84 Å². The number of fused-ring (bicyclic) bond motifs is 7. The fraction of sp³-hybridized carbons (Fsp3) is 0.276. The van der Waals surface area contributed by atoms with E-state index in [2.05, 4.69) is 32.0 Å². The highest BCUT2D eigenvalue weighted by molar-refractivity contribution is 5.96. The van der Waals surface area contributed by atoms with Gasteiger partial charge in [0.2, 0.25) is 0 Å². The van der Waals surface area contributed by atoms with E-state index in [9.17, 15) is 9.90 Å². The van der Waals surface area contributed by atoms with E-state index in [1.165, 1.54) is 5.56 Å². The van der Waals surface area contributed by atoms with Gasteiger partial charge in [-0.15, -0.1) is 0 Å². The number of phenols is 1. The van der Waals surface area contributed by atoms with Crippen LogP contribution in [-0.2, 0) is 16.8 Å². The molecule has 32 heavy (non-hydrogen) atoms. The number of ether oxygens (including phenoxy) is 1. The number of aryl methyl sites for hydroxylation is 1. The Morgan fingerprint density at radius 2 is 1.81 bits per heavy atom. The number of benzene rings is 4. The summed E-state index contributed by atoms with van der Waals surface area (Å²) in [7, 11) is 0. The number of rotatable bonds is 3. The van der Waals surface area contributed by atoms with Crippen LogP contribution < -0.4 is 0 Å². The van der Waals surface area contributed by atoms with Gasteiger partial charge >= 0.3 is 5.97 Å². The van der Waals surface area contributed by atoms with Crippen LogP contribution in [0.5, 0.6) is 5.75 Å². The van der Waals surface area contributed by atoms with E-state index in [0.717, 1.165) is 51.9 Å². The molecule has 1 N–H and O–H groups in total. The number of hydrogen-bond donors (Lipinski definition) is 1. The van der Waals surface area contributed by atoms with Crippen LogP contribution in [0, 0.1) is 5.92 Å². The summed E-state index contributed by atoms with van der Waals surface area (Å²) in [5, 5.41) is 15.2. The van der Waals surface area contributed by atoms with Crippen molar-refractivity contribution >= 4 is 27.5 Å². The lowest BCUT2D eigenvalue weighted by molar-refractivity contribution is -0.0179. The Balaban J connectivity index is 1.45. The van der Waals surface area contributed by atoms with Crippen LogP contribution in [-0.4, -0.2) is 11.1 Å². The molecule has 3 heteroatoms. The Kier molecular flexibility index (Phi) is 4.13. The maximum Gasteiger partial charge on any atom is 0.339 e. The van der Waals surface area contributed by atoms with Gasteiger partial charge in [0.1, 0.15) is 11.4 Å². The molecule has 0 spiro atoms. The molecule has 0 amide bonds.